The lowest BCUT2D eigenvalue weighted by Gasteiger charge is -2.23. The van der Waals surface area contributed by atoms with E-state index in [4.69, 9.17) is 4.18 Å². The zero-order chi connectivity index (χ0) is 15.5. The van der Waals surface area contributed by atoms with Crippen molar-refractivity contribution < 1.29 is 17.7 Å². The monoisotopic (exact) mass is 306 g/mol. The molecule has 0 aromatic carbocycles. The molecule has 1 fully saturated rings. The van der Waals surface area contributed by atoms with Gasteiger partial charge in [-0.15, -0.1) is 0 Å². The van der Waals surface area contributed by atoms with Crippen molar-refractivity contribution in [1.29, 1.82) is 0 Å². The molecule has 4 nitrogen and oxygen atoms in total. The molecule has 0 radical (unpaired) electrons. The normalized spacial score (nSPS) is 34.1. The van der Waals surface area contributed by atoms with Crippen LogP contribution in [0.2, 0.25) is 0 Å². The summed E-state index contributed by atoms with van der Waals surface area (Å²) < 4.78 is 30.1. The highest BCUT2D eigenvalue weighted by molar-refractivity contribution is 7.87. The summed E-state index contributed by atoms with van der Waals surface area (Å²) in [5.41, 5.74) is 0. The molecule has 120 valence electrons. The third-order valence-corrected chi connectivity index (χ3v) is 6.90. The fourth-order valence-corrected chi connectivity index (χ4v) is 5.30. The van der Waals surface area contributed by atoms with Gasteiger partial charge >= 0.3 is 0 Å². The average Bonchev–Trinajstić information content (AvgIpc) is 2.66. The summed E-state index contributed by atoms with van der Waals surface area (Å²) in [6, 6.07) is 0. The van der Waals surface area contributed by atoms with Crippen molar-refractivity contribution in [3.05, 3.63) is 0 Å². The largest absolute Gasteiger partial charge is 0.393 e. The second kappa shape index (κ2) is 7.23. The SMILES string of the molecule is CCC(COS(=O)(=O)C1CC(C)[C@@H](C)[C@H]1CC)[C@@H](C)O. The Kier molecular flexibility index (Phi) is 6.48. The van der Waals surface area contributed by atoms with E-state index in [1.807, 2.05) is 13.8 Å². The van der Waals surface area contributed by atoms with Gasteiger partial charge in [0.25, 0.3) is 10.1 Å². The summed E-state index contributed by atoms with van der Waals surface area (Å²) in [7, 11) is -3.54. The van der Waals surface area contributed by atoms with Crippen LogP contribution in [-0.2, 0) is 14.3 Å². The summed E-state index contributed by atoms with van der Waals surface area (Å²) in [6.07, 6.45) is 1.72. The van der Waals surface area contributed by atoms with E-state index < -0.39 is 16.2 Å². The standard InChI is InChI=1S/C15H30O4S/c1-6-13(12(5)16)9-19-20(17,18)15-8-10(3)11(4)14(15)7-2/h10-16H,6-9H2,1-5H3/t10?,11-,12-,13?,14-,15?/m1/s1. The molecule has 0 aliphatic heterocycles. The van der Waals surface area contributed by atoms with E-state index in [2.05, 4.69) is 13.8 Å². The van der Waals surface area contributed by atoms with Crippen LogP contribution < -0.4 is 0 Å². The fraction of sp³-hybridized carbons (Fsp3) is 1.00. The van der Waals surface area contributed by atoms with Gasteiger partial charge in [-0.05, 0) is 37.5 Å². The fourth-order valence-electron chi connectivity index (χ4n) is 3.35. The molecule has 6 atom stereocenters. The van der Waals surface area contributed by atoms with Crippen molar-refractivity contribution in [3.8, 4) is 0 Å². The van der Waals surface area contributed by atoms with Crippen LogP contribution in [0.3, 0.4) is 0 Å². The minimum Gasteiger partial charge on any atom is -0.393 e. The predicted octanol–water partition coefficient (Wildman–Crippen LogP) is 2.81. The van der Waals surface area contributed by atoms with Crippen LogP contribution in [0.4, 0.5) is 0 Å². The van der Waals surface area contributed by atoms with Crippen LogP contribution in [0.15, 0.2) is 0 Å². The van der Waals surface area contributed by atoms with E-state index in [-0.39, 0.29) is 23.7 Å². The van der Waals surface area contributed by atoms with Crippen LogP contribution in [-0.4, -0.2) is 31.5 Å². The van der Waals surface area contributed by atoms with Crippen LogP contribution in [0, 0.1) is 23.7 Å². The number of aliphatic hydroxyl groups excluding tert-OH is 1. The molecule has 1 N–H and O–H groups in total. The first kappa shape index (κ1) is 17.9. The van der Waals surface area contributed by atoms with E-state index in [0.717, 1.165) is 6.42 Å². The molecule has 5 heteroatoms. The molecule has 1 rings (SSSR count). The molecule has 0 bridgehead atoms. The summed E-state index contributed by atoms with van der Waals surface area (Å²) >= 11 is 0. The molecule has 0 saturated heterocycles. The van der Waals surface area contributed by atoms with Crippen molar-refractivity contribution in [3.63, 3.8) is 0 Å². The number of aliphatic hydroxyl groups is 1. The first-order valence-corrected chi connectivity index (χ1v) is 9.27. The first-order valence-electron chi connectivity index (χ1n) is 7.80. The number of rotatable bonds is 7. The maximum absolute atomic E-state index is 12.4. The lowest BCUT2D eigenvalue weighted by atomic mass is 9.91. The smallest absolute Gasteiger partial charge is 0.270 e. The maximum Gasteiger partial charge on any atom is 0.270 e. The van der Waals surface area contributed by atoms with Gasteiger partial charge in [-0.1, -0.05) is 34.1 Å². The van der Waals surface area contributed by atoms with Gasteiger partial charge in [0.05, 0.1) is 18.0 Å². The molecule has 20 heavy (non-hydrogen) atoms. The van der Waals surface area contributed by atoms with Gasteiger partial charge in [0.15, 0.2) is 0 Å². The van der Waals surface area contributed by atoms with Crippen molar-refractivity contribution >= 4 is 10.1 Å². The Morgan fingerprint density at radius 1 is 1.30 bits per heavy atom. The van der Waals surface area contributed by atoms with Crippen LogP contribution in [0.1, 0.15) is 53.9 Å². The van der Waals surface area contributed by atoms with Crippen LogP contribution in [0.25, 0.3) is 0 Å². The highest BCUT2D eigenvalue weighted by Crippen LogP contribution is 2.42. The zero-order valence-corrected chi connectivity index (χ0v) is 14.2. The molecule has 1 aliphatic carbocycles. The minimum absolute atomic E-state index is 0.0895. The minimum atomic E-state index is -3.54. The molecule has 0 heterocycles. The third kappa shape index (κ3) is 3.95. The lowest BCUT2D eigenvalue weighted by molar-refractivity contribution is 0.0879. The highest BCUT2D eigenvalue weighted by Gasteiger charge is 2.45. The Hall–Kier alpha value is -0.130. The van der Waals surface area contributed by atoms with Crippen molar-refractivity contribution in [1.82, 2.24) is 0 Å². The van der Waals surface area contributed by atoms with Crippen molar-refractivity contribution in [2.45, 2.75) is 65.2 Å². The first-order chi connectivity index (χ1) is 9.24. The van der Waals surface area contributed by atoms with Crippen LogP contribution in [0.5, 0.6) is 0 Å². The summed E-state index contributed by atoms with van der Waals surface area (Å²) in [5.74, 6) is 0.895. The maximum atomic E-state index is 12.4. The Labute approximate surface area is 124 Å². The van der Waals surface area contributed by atoms with Gasteiger partial charge in [0.1, 0.15) is 0 Å². The Balaban J connectivity index is 2.74. The van der Waals surface area contributed by atoms with Gasteiger partial charge in [-0.2, -0.15) is 8.42 Å². The van der Waals surface area contributed by atoms with E-state index in [1.165, 1.54) is 0 Å². The Morgan fingerprint density at radius 2 is 1.90 bits per heavy atom. The molecule has 0 amide bonds. The quantitative estimate of drug-likeness (QED) is 0.735. The molecular formula is C15H30O4S. The zero-order valence-electron chi connectivity index (χ0n) is 13.4. The van der Waals surface area contributed by atoms with Crippen LogP contribution >= 0.6 is 0 Å². The molecule has 0 aromatic rings. The van der Waals surface area contributed by atoms with E-state index in [0.29, 0.717) is 24.7 Å². The average molecular weight is 306 g/mol. The predicted molar refractivity (Wildman–Crippen MR) is 80.8 cm³/mol. The highest BCUT2D eigenvalue weighted by atomic mass is 32.2. The molecular weight excluding hydrogens is 276 g/mol. The molecule has 0 aromatic heterocycles. The van der Waals surface area contributed by atoms with Gasteiger partial charge in [0.2, 0.25) is 0 Å². The third-order valence-electron chi connectivity index (χ3n) is 5.15. The molecule has 3 unspecified atom stereocenters. The van der Waals surface area contributed by atoms with E-state index in [1.54, 1.807) is 6.92 Å². The second-order valence-corrected chi connectivity index (χ2v) is 8.20. The molecule has 1 saturated carbocycles. The van der Waals surface area contributed by atoms with Gasteiger partial charge < -0.3 is 5.11 Å². The van der Waals surface area contributed by atoms with Gasteiger partial charge in [-0.25, -0.2) is 0 Å². The lowest BCUT2D eigenvalue weighted by Crippen LogP contribution is -2.31. The number of hydrogen-bond acceptors (Lipinski definition) is 4. The van der Waals surface area contributed by atoms with Crippen molar-refractivity contribution in [2.75, 3.05) is 6.61 Å². The summed E-state index contributed by atoms with van der Waals surface area (Å²) in [6.45, 7) is 10.0. The van der Waals surface area contributed by atoms with Crippen molar-refractivity contribution in [2.24, 2.45) is 23.7 Å². The summed E-state index contributed by atoms with van der Waals surface area (Å²) in [4.78, 5) is 0. The topological polar surface area (TPSA) is 63.6 Å². The van der Waals surface area contributed by atoms with Gasteiger partial charge in [-0.3, -0.25) is 4.18 Å². The molecule has 1 aliphatic rings. The van der Waals surface area contributed by atoms with E-state index in [9.17, 15) is 13.5 Å². The summed E-state index contributed by atoms with van der Waals surface area (Å²) in [5, 5.41) is 9.20. The Bertz CT molecular complexity index is 391. The molecule has 0 spiro atoms. The van der Waals surface area contributed by atoms with Gasteiger partial charge in [0, 0.05) is 5.92 Å². The van der Waals surface area contributed by atoms with E-state index >= 15 is 0 Å². The Morgan fingerprint density at radius 3 is 2.35 bits per heavy atom. The number of hydrogen-bond donors (Lipinski definition) is 1. The second-order valence-electron chi connectivity index (χ2n) is 6.37.